The number of rotatable bonds is 0. The number of hydrogen-bond acceptors (Lipinski definition) is 11. The summed E-state index contributed by atoms with van der Waals surface area (Å²) >= 11 is 6.34. The van der Waals surface area contributed by atoms with Crippen molar-refractivity contribution in [3.63, 3.8) is 0 Å². The summed E-state index contributed by atoms with van der Waals surface area (Å²) in [6, 6.07) is 0. The van der Waals surface area contributed by atoms with Crippen molar-refractivity contribution in [2.75, 3.05) is 47.9 Å². The van der Waals surface area contributed by atoms with Crippen LogP contribution in [-0.2, 0) is 4.74 Å². The first-order valence-electron chi connectivity index (χ1n) is 7.75. The summed E-state index contributed by atoms with van der Waals surface area (Å²) in [6.07, 6.45) is 2.11. The second-order valence-electron chi connectivity index (χ2n) is 4.98. The summed E-state index contributed by atoms with van der Waals surface area (Å²) in [4.78, 5) is 0. The van der Waals surface area contributed by atoms with Crippen LogP contribution < -0.4 is 11.7 Å². The number of nitrogen functional groups attached to an aromatic ring is 2. The fourth-order valence-corrected chi connectivity index (χ4v) is 5.18. The Morgan fingerprint density at radius 3 is 1.40 bits per heavy atom. The van der Waals surface area contributed by atoms with Crippen LogP contribution in [0.5, 0.6) is 0 Å². The number of nitrogens with two attached hydrogens (primary N) is 2. The van der Waals surface area contributed by atoms with Crippen LogP contribution in [0.4, 0.5) is 0 Å². The van der Waals surface area contributed by atoms with E-state index in [0.717, 1.165) is 56.5 Å². The van der Waals surface area contributed by atoms with E-state index in [1.54, 1.807) is 56.4 Å². The summed E-state index contributed by atoms with van der Waals surface area (Å²) in [7, 11) is 0. The average molecular weight is 421 g/mol. The van der Waals surface area contributed by atoms with Crippen molar-refractivity contribution in [1.29, 1.82) is 0 Å². The van der Waals surface area contributed by atoms with E-state index >= 15 is 0 Å². The molecule has 0 atom stereocenters. The molecule has 1 aliphatic heterocycles. The molecule has 3 rings (SSSR count). The molecule has 0 radical (unpaired) electrons. The summed E-state index contributed by atoms with van der Waals surface area (Å²) in [6.45, 7) is 1.24. The van der Waals surface area contributed by atoms with E-state index in [9.17, 15) is 0 Å². The van der Waals surface area contributed by atoms with Crippen LogP contribution in [0.15, 0.2) is 20.6 Å². The zero-order valence-electron chi connectivity index (χ0n) is 13.5. The van der Waals surface area contributed by atoms with Crippen LogP contribution in [0.3, 0.4) is 0 Å². The molecule has 2 aromatic rings. The highest BCUT2D eigenvalue weighted by molar-refractivity contribution is 8.00. The van der Waals surface area contributed by atoms with Gasteiger partial charge in [-0.05, 0) is 12.8 Å². The normalized spacial score (nSPS) is 18.2. The molecule has 25 heavy (non-hydrogen) atoms. The molecule has 1 aliphatic rings. The van der Waals surface area contributed by atoms with Crippen LogP contribution >= 0.6 is 47.0 Å². The Kier molecular flexibility index (Phi) is 7.46. The molecule has 0 aliphatic carbocycles. The molecular weight excluding hydrogens is 400 g/mol. The molecule has 3 heterocycles. The number of ether oxygens (including phenoxy) is 1. The molecule has 0 fully saturated rings. The quantitative estimate of drug-likeness (QED) is 0.597. The van der Waals surface area contributed by atoms with Gasteiger partial charge in [0.1, 0.15) is 0 Å². The van der Waals surface area contributed by atoms with Crippen molar-refractivity contribution in [2.24, 2.45) is 0 Å². The molecule has 0 aromatic carbocycles. The van der Waals surface area contributed by atoms with Crippen molar-refractivity contribution < 1.29 is 4.74 Å². The first kappa shape index (κ1) is 19.0. The summed E-state index contributed by atoms with van der Waals surface area (Å²) in [5, 5.41) is 19.5. The third kappa shape index (κ3) is 5.36. The lowest BCUT2D eigenvalue weighted by molar-refractivity contribution is 0.167. The minimum atomic E-state index is 0.622. The minimum Gasteiger partial charge on any atom is -0.380 e. The lowest BCUT2D eigenvalue weighted by atomic mass is 10.4. The second kappa shape index (κ2) is 9.80. The third-order valence-electron chi connectivity index (χ3n) is 3.19. The standard InChI is InChI=1S/C12H20N8OS4/c13-19-9-15-17-11(19)24-7-3-21-4-8-25-12-18-16-10(20(12)14)23-6-2-1-5-22-9/h1-8,13-14H2. The van der Waals surface area contributed by atoms with Gasteiger partial charge in [0.25, 0.3) is 0 Å². The number of thioether (sulfide) groups is 4. The molecule has 0 unspecified atom stereocenters. The maximum absolute atomic E-state index is 6.05. The highest BCUT2D eigenvalue weighted by atomic mass is 32.2. The molecule has 0 saturated heterocycles. The molecule has 4 N–H and O–H groups in total. The second-order valence-corrected chi connectivity index (χ2v) is 9.23. The van der Waals surface area contributed by atoms with E-state index in [-0.39, 0.29) is 0 Å². The summed E-state index contributed by atoms with van der Waals surface area (Å²) in [5.74, 6) is 15.5. The fourth-order valence-electron chi connectivity index (χ4n) is 1.94. The van der Waals surface area contributed by atoms with E-state index in [0.29, 0.717) is 13.2 Å². The Morgan fingerprint density at radius 1 is 0.640 bits per heavy atom. The van der Waals surface area contributed by atoms with Crippen LogP contribution in [0.2, 0.25) is 0 Å². The fraction of sp³-hybridized carbons (Fsp3) is 0.667. The Hall–Kier alpha value is -0.760. The highest BCUT2D eigenvalue weighted by Crippen LogP contribution is 2.24. The number of hydrogen-bond donors (Lipinski definition) is 2. The van der Waals surface area contributed by atoms with Crippen molar-refractivity contribution in [1.82, 2.24) is 29.7 Å². The Morgan fingerprint density at radius 2 is 1.00 bits per heavy atom. The number of aromatic nitrogens is 6. The van der Waals surface area contributed by atoms with Gasteiger partial charge in [-0.2, -0.15) is 0 Å². The zero-order chi connectivity index (χ0) is 17.5. The summed E-state index contributed by atoms with van der Waals surface area (Å²) in [5.41, 5.74) is 0. The van der Waals surface area contributed by atoms with E-state index in [1.165, 1.54) is 0 Å². The Bertz CT molecular complexity index is 622. The first-order chi connectivity index (χ1) is 12.3. The van der Waals surface area contributed by atoms with Crippen molar-refractivity contribution >= 4 is 47.0 Å². The topological polar surface area (TPSA) is 123 Å². The largest absolute Gasteiger partial charge is 0.380 e. The highest BCUT2D eigenvalue weighted by Gasteiger charge is 2.12. The number of nitrogens with zero attached hydrogens (tertiary/aromatic N) is 6. The minimum absolute atomic E-state index is 0.622. The molecule has 9 nitrogen and oxygen atoms in total. The predicted octanol–water partition coefficient (Wildman–Crippen LogP) is 1.18. The van der Waals surface area contributed by atoms with Crippen LogP contribution in [0.25, 0.3) is 0 Å². The van der Waals surface area contributed by atoms with E-state index in [1.807, 2.05) is 0 Å². The zero-order valence-corrected chi connectivity index (χ0v) is 16.8. The van der Waals surface area contributed by atoms with Crippen LogP contribution in [-0.4, -0.2) is 66.0 Å². The van der Waals surface area contributed by atoms with Gasteiger partial charge < -0.3 is 16.4 Å². The SMILES string of the molecule is Nn1c2nnc1SCCOCCSc1nnc(n1N)SCCCCS2. The molecule has 2 aromatic heterocycles. The maximum Gasteiger partial charge on any atom is 0.210 e. The first-order valence-corrected chi connectivity index (χ1v) is 11.7. The van der Waals surface area contributed by atoms with E-state index in [4.69, 9.17) is 16.4 Å². The van der Waals surface area contributed by atoms with Gasteiger partial charge in [0.2, 0.25) is 20.6 Å². The number of fused-ring (bicyclic) bond motifs is 4. The van der Waals surface area contributed by atoms with Crippen molar-refractivity contribution in [3.05, 3.63) is 0 Å². The van der Waals surface area contributed by atoms with E-state index in [2.05, 4.69) is 20.4 Å². The Labute approximate surface area is 162 Å². The molecular formula is C12H20N8OS4. The Balaban J connectivity index is 1.58. The lowest BCUT2D eigenvalue weighted by Gasteiger charge is -2.04. The van der Waals surface area contributed by atoms with E-state index < -0.39 is 0 Å². The van der Waals surface area contributed by atoms with Gasteiger partial charge in [-0.3, -0.25) is 0 Å². The van der Waals surface area contributed by atoms with Gasteiger partial charge in [0, 0.05) is 23.0 Å². The van der Waals surface area contributed by atoms with Crippen LogP contribution in [0, 0.1) is 0 Å². The molecule has 0 amide bonds. The maximum atomic E-state index is 6.05. The van der Waals surface area contributed by atoms with Crippen molar-refractivity contribution in [3.8, 4) is 0 Å². The van der Waals surface area contributed by atoms with Gasteiger partial charge in [0.05, 0.1) is 13.2 Å². The van der Waals surface area contributed by atoms with Crippen molar-refractivity contribution in [2.45, 2.75) is 33.5 Å². The van der Waals surface area contributed by atoms with Gasteiger partial charge >= 0.3 is 0 Å². The third-order valence-corrected chi connectivity index (χ3v) is 7.06. The molecule has 13 heteroatoms. The summed E-state index contributed by atoms with van der Waals surface area (Å²) < 4.78 is 8.75. The van der Waals surface area contributed by atoms with Gasteiger partial charge in [-0.25, -0.2) is 9.35 Å². The molecule has 0 spiro atoms. The monoisotopic (exact) mass is 420 g/mol. The molecule has 4 bridgehead atoms. The molecule has 0 saturated carbocycles. The average Bonchev–Trinajstić information content (AvgIpc) is 3.13. The molecule has 138 valence electrons. The van der Waals surface area contributed by atoms with Gasteiger partial charge in [0.15, 0.2) is 0 Å². The lowest BCUT2D eigenvalue weighted by Crippen LogP contribution is -2.12. The smallest absolute Gasteiger partial charge is 0.210 e. The predicted molar refractivity (Wildman–Crippen MR) is 103 cm³/mol. The van der Waals surface area contributed by atoms with Crippen LogP contribution in [0.1, 0.15) is 12.8 Å². The van der Waals surface area contributed by atoms with Gasteiger partial charge in [-0.15, -0.1) is 20.4 Å². The van der Waals surface area contributed by atoms with Gasteiger partial charge in [-0.1, -0.05) is 47.0 Å².